The van der Waals surface area contributed by atoms with Crippen LogP contribution in [0.15, 0.2) is 18.2 Å². The molecule has 88 valence electrons. The fourth-order valence-electron chi connectivity index (χ4n) is 1.31. The first-order valence-electron chi connectivity index (χ1n) is 4.95. The van der Waals surface area contributed by atoms with Crippen molar-refractivity contribution in [2.75, 3.05) is 20.3 Å². The van der Waals surface area contributed by atoms with Crippen molar-refractivity contribution in [3.05, 3.63) is 23.8 Å². The van der Waals surface area contributed by atoms with Gasteiger partial charge in [0.15, 0.2) is 11.5 Å². The molecule has 0 spiro atoms. The van der Waals surface area contributed by atoms with Crippen molar-refractivity contribution in [3.63, 3.8) is 0 Å². The minimum atomic E-state index is -0.377. The first kappa shape index (κ1) is 12.3. The van der Waals surface area contributed by atoms with Gasteiger partial charge in [0.25, 0.3) is 0 Å². The van der Waals surface area contributed by atoms with E-state index in [1.807, 2.05) is 0 Å². The van der Waals surface area contributed by atoms with E-state index in [1.165, 1.54) is 0 Å². The van der Waals surface area contributed by atoms with E-state index in [1.54, 1.807) is 25.3 Å². The molecule has 5 nitrogen and oxygen atoms in total. The van der Waals surface area contributed by atoms with Crippen LogP contribution in [-0.2, 0) is 11.2 Å². The van der Waals surface area contributed by atoms with Gasteiger partial charge in [0, 0.05) is 6.54 Å². The largest absolute Gasteiger partial charge is 0.493 e. The summed E-state index contributed by atoms with van der Waals surface area (Å²) < 4.78 is 10.5. The third-order valence-electron chi connectivity index (χ3n) is 1.98. The lowest BCUT2D eigenvalue weighted by Crippen LogP contribution is -2.14. The Balaban J connectivity index is 2.83. The Morgan fingerprint density at radius 1 is 1.38 bits per heavy atom. The van der Waals surface area contributed by atoms with Crippen molar-refractivity contribution in [2.24, 2.45) is 11.5 Å². The molecule has 0 heterocycles. The standard InChI is InChI=1S/C11H16N2O3/c1-15-10-6-8(7-11(13)14)2-3-9(10)16-5-4-12/h2-3,6H,4-5,7,12H2,1H3,(H2,13,14). The van der Waals surface area contributed by atoms with Crippen LogP contribution in [-0.4, -0.2) is 26.2 Å². The first-order valence-corrected chi connectivity index (χ1v) is 4.95. The zero-order chi connectivity index (χ0) is 12.0. The molecule has 1 aromatic rings. The number of amides is 1. The summed E-state index contributed by atoms with van der Waals surface area (Å²) in [4.78, 5) is 10.8. The molecule has 1 amide bonds. The lowest BCUT2D eigenvalue weighted by Gasteiger charge is -2.10. The van der Waals surface area contributed by atoms with Gasteiger partial charge in [0.1, 0.15) is 6.61 Å². The molecule has 0 bridgehead atoms. The lowest BCUT2D eigenvalue weighted by atomic mass is 10.1. The molecule has 5 heteroatoms. The highest BCUT2D eigenvalue weighted by Gasteiger charge is 2.06. The quantitative estimate of drug-likeness (QED) is 0.715. The molecule has 16 heavy (non-hydrogen) atoms. The number of hydrogen-bond donors (Lipinski definition) is 2. The highest BCUT2D eigenvalue weighted by molar-refractivity contribution is 5.76. The number of rotatable bonds is 6. The van der Waals surface area contributed by atoms with E-state index in [2.05, 4.69) is 0 Å². The van der Waals surface area contributed by atoms with E-state index in [-0.39, 0.29) is 12.3 Å². The second-order valence-electron chi connectivity index (χ2n) is 3.27. The molecule has 4 N–H and O–H groups in total. The van der Waals surface area contributed by atoms with Crippen LogP contribution in [0, 0.1) is 0 Å². The molecule has 1 aromatic carbocycles. The molecule has 0 unspecified atom stereocenters. The van der Waals surface area contributed by atoms with E-state index in [0.717, 1.165) is 5.56 Å². The minimum Gasteiger partial charge on any atom is -0.493 e. The molecule has 0 saturated carbocycles. The molecule has 0 fully saturated rings. The highest BCUT2D eigenvalue weighted by Crippen LogP contribution is 2.28. The van der Waals surface area contributed by atoms with Gasteiger partial charge in [-0.25, -0.2) is 0 Å². The van der Waals surface area contributed by atoms with Crippen molar-refractivity contribution in [3.8, 4) is 11.5 Å². The minimum absolute atomic E-state index is 0.188. The van der Waals surface area contributed by atoms with Crippen molar-refractivity contribution in [2.45, 2.75) is 6.42 Å². The van der Waals surface area contributed by atoms with E-state index in [9.17, 15) is 4.79 Å². The number of methoxy groups -OCH3 is 1. The van der Waals surface area contributed by atoms with Crippen molar-refractivity contribution >= 4 is 5.91 Å². The number of carbonyl (C=O) groups is 1. The van der Waals surface area contributed by atoms with Crippen molar-refractivity contribution in [1.29, 1.82) is 0 Å². The van der Waals surface area contributed by atoms with Gasteiger partial charge in [-0.3, -0.25) is 4.79 Å². The number of ether oxygens (including phenoxy) is 2. The molecule has 0 aliphatic rings. The molecular weight excluding hydrogens is 208 g/mol. The molecule has 0 aromatic heterocycles. The van der Waals surface area contributed by atoms with E-state index >= 15 is 0 Å². The molecule has 0 atom stereocenters. The third kappa shape index (κ3) is 3.43. The molecule has 0 radical (unpaired) electrons. The number of carbonyl (C=O) groups excluding carboxylic acids is 1. The van der Waals surface area contributed by atoms with Crippen LogP contribution >= 0.6 is 0 Å². The molecule has 0 aliphatic carbocycles. The summed E-state index contributed by atoms with van der Waals surface area (Å²) in [6.45, 7) is 0.859. The third-order valence-corrected chi connectivity index (χ3v) is 1.98. The summed E-state index contributed by atoms with van der Waals surface area (Å²) in [5, 5.41) is 0. The number of nitrogens with two attached hydrogens (primary N) is 2. The van der Waals surface area contributed by atoms with Crippen LogP contribution in [0.5, 0.6) is 11.5 Å². The summed E-state index contributed by atoms with van der Waals surface area (Å²) in [6, 6.07) is 5.25. The number of benzene rings is 1. The SMILES string of the molecule is COc1cc(CC(N)=O)ccc1OCCN. The summed E-state index contributed by atoms with van der Waals surface area (Å²) >= 11 is 0. The Morgan fingerprint density at radius 3 is 2.69 bits per heavy atom. The average molecular weight is 224 g/mol. The van der Waals surface area contributed by atoms with Gasteiger partial charge < -0.3 is 20.9 Å². The van der Waals surface area contributed by atoms with Crippen LogP contribution in [0.25, 0.3) is 0 Å². The van der Waals surface area contributed by atoms with Crippen molar-refractivity contribution in [1.82, 2.24) is 0 Å². The lowest BCUT2D eigenvalue weighted by molar-refractivity contribution is -0.117. The van der Waals surface area contributed by atoms with Crippen LogP contribution in [0.1, 0.15) is 5.56 Å². The van der Waals surface area contributed by atoms with Crippen LogP contribution in [0.2, 0.25) is 0 Å². The maximum absolute atomic E-state index is 10.8. The maximum atomic E-state index is 10.8. The Kier molecular flexibility index (Phi) is 4.60. The van der Waals surface area contributed by atoms with E-state index in [4.69, 9.17) is 20.9 Å². The second-order valence-corrected chi connectivity index (χ2v) is 3.27. The molecule has 1 rings (SSSR count). The van der Waals surface area contributed by atoms with Gasteiger partial charge >= 0.3 is 0 Å². The summed E-state index contributed by atoms with van der Waals surface area (Å²) in [5.41, 5.74) is 11.2. The van der Waals surface area contributed by atoms with Gasteiger partial charge in [-0.05, 0) is 17.7 Å². The summed E-state index contributed by atoms with van der Waals surface area (Å²) in [5.74, 6) is 0.811. The Hall–Kier alpha value is -1.75. The van der Waals surface area contributed by atoms with Crippen molar-refractivity contribution < 1.29 is 14.3 Å². The van der Waals surface area contributed by atoms with Gasteiger partial charge in [-0.1, -0.05) is 6.07 Å². The normalized spacial score (nSPS) is 9.88. The zero-order valence-electron chi connectivity index (χ0n) is 9.23. The Labute approximate surface area is 94.3 Å². The number of primary amides is 1. The topological polar surface area (TPSA) is 87.6 Å². The van der Waals surface area contributed by atoms with Crippen LogP contribution in [0.3, 0.4) is 0 Å². The second kappa shape index (κ2) is 5.97. The van der Waals surface area contributed by atoms with E-state index < -0.39 is 0 Å². The molecule has 0 saturated heterocycles. The van der Waals surface area contributed by atoms with Gasteiger partial charge in [0.05, 0.1) is 13.5 Å². The Bertz CT molecular complexity index is 366. The van der Waals surface area contributed by atoms with Crippen LogP contribution in [0.4, 0.5) is 0 Å². The Morgan fingerprint density at radius 2 is 2.12 bits per heavy atom. The van der Waals surface area contributed by atoms with Gasteiger partial charge in [-0.2, -0.15) is 0 Å². The molecule has 0 aliphatic heterocycles. The first-order chi connectivity index (χ1) is 7.67. The van der Waals surface area contributed by atoms with E-state index in [0.29, 0.717) is 24.7 Å². The fourth-order valence-corrected chi connectivity index (χ4v) is 1.31. The fraction of sp³-hybridized carbons (Fsp3) is 0.364. The summed E-state index contributed by atoms with van der Waals surface area (Å²) in [7, 11) is 1.54. The van der Waals surface area contributed by atoms with Crippen LogP contribution < -0.4 is 20.9 Å². The maximum Gasteiger partial charge on any atom is 0.221 e. The number of hydrogen-bond acceptors (Lipinski definition) is 4. The smallest absolute Gasteiger partial charge is 0.221 e. The monoisotopic (exact) mass is 224 g/mol. The predicted molar refractivity (Wildman–Crippen MR) is 60.4 cm³/mol. The van der Waals surface area contributed by atoms with Gasteiger partial charge in [0.2, 0.25) is 5.91 Å². The average Bonchev–Trinajstić information content (AvgIpc) is 2.26. The molecular formula is C11H16N2O3. The zero-order valence-corrected chi connectivity index (χ0v) is 9.23. The highest BCUT2D eigenvalue weighted by atomic mass is 16.5. The van der Waals surface area contributed by atoms with Gasteiger partial charge in [-0.15, -0.1) is 0 Å². The summed E-state index contributed by atoms with van der Waals surface area (Å²) in [6.07, 6.45) is 0.188. The predicted octanol–water partition coefficient (Wildman–Crippen LogP) is 0.0605.